The van der Waals surface area contributed by atoms with Gasteiger partial charge in [-0.1, -0.05) is 30.6 Å². The van der Waals surface area contributed by atoms with Gasteiger partial charge in [0.1, 0.15) is 11.6 Å². The third-order valence-electron chi connectivity index (χ3n) is 3.80. The lowest BCUT2D eigenvalue weighted by Gasteiger charge is -2.13. The van der Waals surface area contributed by atoms with Crippen LogP contribution in [0.2, 0.25) is 5.02 Å². The summed E-state index contributed by atoms with van der Waals surface area (Å²) < 4.78 is 5.33. The molecule has 6 heteroatoms. The Kier molecular flexibility index (Phi) is 4.68. The van der Waals surface area contributed by atoms with E-state index in [1.54, 1.807) is 0 Å². The van der Waals surface area contributed by atoms with Crippen LogP contribution >= 0.6 is 11.6 Å². The van der Waals surface area contributed by atoms with Gasteiger partial charge in [0.25, 0.3) is 0 Å². The molecule has 0 aliphatic rings. The highest BCUT2D eigenvalue weighted by atomic mass is 35.5. The highest BCUT2D eigenvalue weighted by Gasteiger charge is 2.10. The number of aromatic amines is 1. The topological polar surface area (TPSA) is 58.0 Å². The van der Waals surface area contributed by atoms with E-state index in [2.05, 4.69) is 40.9 Å². The van der Waals surface area contributed by atoms with Gasteiger partial charge < -0.3 is 9.51 Å². The fraction of sp³-hybridized carbons (Fsp3) is 0.412. The first kappa shape index (κ1) is 16.0. The van der Waals surface area contributed by atoms with Crippen molar-refractivity contribution in [2.24, 2.45) is 0 Å². The molecule has 0 aliphatic carbocycles. The predicted molar refractivity (Wildman–Crippen MR) is 91.7 cm³/mol. The number of imidazole rings is 1. The fourth-order valence-electron chi connectivity index (χ4n) is 2.48. The summed E-state index contributed by atoms with van der Waals surface area (Å²) in [5, 5.41) is 4.84. The highest BCUT2D eigenvalue weighted by Crippen LogP contribution is 2.18. The number of likely N-dealkylation sites (N-methyl/N-ethyl adjacent to an activating group) is 1. The Bertz CT molecular complexity index is 793. The first-order valence-electron chi connectivity index (χ1n) is 7.79. The number of H-pyrrole nitrogens is 1. The minimum Gasteiger partial charge on any atom is -0.361 e. The van der Waals surface area contributed by atoms with E-state index in [1.165, 1.54) is 0 Å². The largest absolute Gasteiger partial charge is 0.361 e. The van der Waals surface area contributed by atoms with E-state index in [1.807, 2.05) is 24.3 Å². The Balaban J connectivity index is 1.57. The zero-order chi connectivity index (χ0) is 16.4. The molecule has 2 heterocycles. The van der Waals surface area contributed by atoms with Gasteiger partial charge in [0.2, 0.25) is 0 Å². The monoisotopic (exact) mass is 332 g/mol. The van der Waals surface area contributed by atoms with Crippen molar-refractivity contribution < 1.29 is 4.52 Å². The summed E-state index contributed by atoms with van der Waals surface area (Å²) >= 11 is 6.00. The van der Waals surface area contributed by atoms with E-state index < -0.39 is 0 Å². The molecule has 23 heavy (non-hydrogen) atoms. The minimum atomic E-state index is 0.365. The average molecular weight is 333 g/mol. The molecule has 0 radical (unpaired) electrons. The average Bonchev–Trinajstić information content (AvgIpc) is 3.11. The second-order valence-corrected chi connectivity index (χ2v) is 6.64. The van der Waals surface area contributed by atoms with Gasteiger partial charge in [0, 0.05) is 36.5 Å². The zero-order valence-corrected chi connectivity index (χ0v) is 14.4. The van der Waals surface area contributed by atoms with Crippen molar-refractivity contribution in [3.05, 3.63) is 46.6 Å². The summed E-state index contributed by atoms with van der Waals surface area (Å²) in [4.78, 5) is 10.1. The van der Waals surface area contributed by atoms with Gasteiger partial charge in [-0.3, -0.25) is 4.90 Å². The van der Waals surface area contributed by atoms with Crippen LogP contribution in [0.15, 0.2) is 28.8 Å². The number of hydrogen-bond acceptors (Lipinski definition) is 4. The summed E-state index contributed by atoms with van der Waals surface area (Å²) in [6.45, 7) is 5.85. The van der Waals surface area contributed by atoms with Crippen LogP contribution in [0.5, 0.6) is 0 Å². The Labute approximate surface area is 140 Å². The van der Waals surface area contributed by atoms with Crippen molar-refractivity contribution in [1.29, 1.82) is 0 Å². The summed E-state index contributed by atoms with van der Waals surface area (Å²) in [7, 11) is 2.07. The standard InChI is InChI=1S/C17H21ClN4O/c1-11(2)16-9-13(21-23-16)10-22(3)7-6-17-19-14-5-4-12(18)8-15(14)20-17/h4-5,8-9,11H,6-7,10H2,1-3H3,(H,19,20). The van der Waals surface area contributed by atoms with Crippen LogP contribution in [0.3, 0.4) is 0 Å². The first-order valence-corrected chi connectivity index (χ1v) is 8.17. The van der Waals surface area contributed by atoms with Crippen LogP contribution in [0.25, 0.3) is 11.0 Å². The lowest BCUT2D eigenvalue weighted by Crippen LogP contribution is -2.21. The molecule has 0 aliphatic heterocycles. The Morgan fingerprint density at radius 1 is 1.30 bits per heavy atom. The SMILES string of the molecule is CC(C)c1cc(CN(C)CCc2nc3ccc(Cl)cc3[nH]2)no1. The van der Waals surface area contributed by atoms with Crippen LogP contribution < -0.4 is 0 Å². The van der Waals surface area contributed by atoms with Gasteiger partial charge in [-0.15, -0.1) is 0 Å². The molecule has 0 saturated heterocycles. The number of benzene rings is 1. The van der Waals surface area contributed by atoms with Crippen molar-refractivity contribution in [2.75, 3.05) is 13.6 Å². The molecular weight excluding hydrogens is 312 g/mol. The summed E-state index contributed by atoms with van der Waals surface area (Å²) in [6.07, 6.45) is 0.845. The van der Waals surface area contributed by atoms with Crippen LogP contribution in [0.4, 0.5) is 0 Å². The minimum absolute atomic E-state index is 0.365. The Hall–Kier alpha value is -1.85. The van der Waals surface area contributed by atoms with Crippen molar-refractivity contribution in [2.45, 2.75) is 32.7 Å². The number of nitrogens with zero attached hydrogens (tertiary/aromatic N) is 3. The molecule has 3 rings (SSSR count). The predicted octanol–water partition coefficient (Wildman–Crippen LogP) is 4.00. The molecule has 0 fully saturated rings. The lowest BCUT2D eigenvalue weighted by molar-refractivity contribution is 0.307. The number of aromatic nitrogens is 3. The molecule has 0 spiro atoms. The van der Waals surface area contributed by atoms with Gasteiger partial charge in [0.15, 0.2) is 0 Å². The summed E-state index contributed by atoms with van der Waals surface area (Å²) in [5.41, 5.74) is 2.89. The lowest BCUT2D eigenvalue weighted by atomic mass is 10.1. The Morgan fingerprint density at radius 3 is 2.87 bits per heavy atom. The quantitative estimate of drug-likeness (QED) is 0.741. The molecule has 1 N–H and O–H groups in total. The van der Waals surface area contributed by atoms with Crippen molar-refractivity contribution in [3.63, 3.8) is 0 Å². The van der Waals surface area contributed by atoms with E-state index in [0.29, 0.717) is 5.92 Å². The molecule has 3 aromatic rings. The highest BCUT2D eigenvalue weighted by molar-refractivity contribution is 6.31. The van der Waals surface area contributed by atoms with Gasteiger partial charge in [-0.25, -0.2) is 4.98 Å². The van der Waals surface area contributed by atoms with Crippen LogP contribution in [-0.2, 0) is 13.0 Å². The molecule has 0 atom stereocenters. The number of nitrogens with one attached hydrogen (secondary N) is 1. The molecule has 0 amide bonds. The second-order valence-electron chi connectivity index (χ2n) is 6.21. The second kappa shape index (κ2) is 6.72. The number of rotatable bonds is 6. The van der Waals surface area contributed by atoms with E-state index in [4.69, 9.17) is 16.1 Å². The first-order chi connectivity index (χ1) is 11.0. The normalized spacial score (nSPS) is 11.9. The third kappa shape index (κ3) is 3.92. The van der Waals surface area contributed by atoms with Gasteiger partial charge in [-0.05, 0) is 25.2 Å². The number of fused-ring (bicyclic) bond motifs is 1. The van der Waals surface area contributed by atoms with Crippen LogP contribution in [0, 0.1) is 0 Å². The van der Waals surface area contributed by atoms with Crippen molar-refractivity contribution >= 4 is 22.6 Å². The van der Waals surface area contributed by atoms with Gasteiger partial charge in [0.05, 0.1) is 16.7 Å². The molecule has 2 aromatic heterocycles. The van der Waals surface area contributed by atoms with Crippen molar-refractivity contribution in [1.82, 2.24) is 20.0 Å². The molecular formula is C17H21ClN4O. The third-order valence-corrected chi connectivity index (χ3v) is 4.04. The van der Waals surface area contributed by atoms with E-state index in [9.17, 15) is 0 Å². The maximum atomic E-state index is 6.00. The maximum Gasteiger partial charge on any atom is 0.139 e. The van der Waals surface area contributed by atoms with E-state index in [0.717, 1.165) is 52.8 Å². The number of hydrogen-bond donors (Lipinski definition) is 1. The number of halogens is 1. The summed E-state index contributed by atoms with van der Waals surface area (Å²) in [6, 6.07) is 7.73. The van der Waals surface area contributed by atoms with Gasteiger partial charge >= 0.3 is 0 Å². The van der Waals surface area contributed by atoms with Crippen LogP contribution in [0.1, 0.15) is 37.0 Å². The molecule has 0 bridgehead atoms. The van der Waals surface area contributed by atoms with Crippen molar-refractivity contribution in [3.8, 4) is 0 Å². The molecule has 122 valence electrons. The summed E-state index contributed by atoms with van der Waals surface area (Å²) in [5.74, 6) is 2.27. The van der Waals surface area contributed by atoms with E-state index >= 15 is 0 Å². The maximum absolute atomic E-state index is 6.00. The molecule has 5 nitrogen and oxygen atoms in total. The van der Waals surface area contributed by atoms with E-state index in [-0.39, 0.29) is 0 Å². The zero-order valence-electron chi connectivity index (χ0n) is 13.6. The molecule has 0 unspecified atom stereocenters. The Morgan fingerprint density at radius 2 is 2.13 bits per heavy atom. The van der Waals surface area contributed by atoms with Crippen LogP contribution in [-0.4, -0.2) is 33.6 Å². The fourth-order valence-corrected chi connectivity index (χ4v) is 2.65. The molecule has 1 aromatic carbocycles. The smallest absolute Gasteiger partial charge is 0.139 e. The van der Waals surface area contributed by atoms with Gasteiger partial charge in [-0.2, -0.15) is 0 Å². The molecule has 0 saturated carbocycles.